The van der Waals surface area contributed by atoms with E-state index in [4.69, 9.17) is 16.4 Å². The van der Waals surface area contributed by atoms with Gasteiger partial charge in [0.2, 0.25) is 0 Å². The molecule has 2 aliphatic rings. The zero-order valence-corrected chi connectivity index (χ0v) is 9.25. The number of nitrogens with zero attached hydrogens (tertiary/aromatic N) is 1. The van der Waals surface area contributed by atoms with Crippen molar-refractivity contribution in [2.24, 2.45) is 17.0 Å². The second-order valence-corrected chi connectivity index (χ2v) is 5.16. The van der Waals surface area contributed by atoms with Crippen molar-refractivity contribution in [3.05, 3.63) is 0 Å². The molecule has 2 aliphatic carbocycles. The molecule has 0 N–H and O–H groups in total. The van der Waals surface area contributed by atoms with E-state index in [1.54, 1.807) is 0 Å². The highest BCUT2D eigenvalue weighted by molar-refractivity contribution is 6.20. The number of alkyl halides is 1. The standard InChI is InChI=1S/C11H18ClNO/c1-13-14-11-4-2-3-8-5-6-9(12)7-10(8)11/h8-11H,1-7H2. The minimum absolute atomic E-state index is 0.285. The van der Waals surface area contributed by atoms with Crippen molar-refractivity contribution in [2.45, 2.75) is 50.0 Å². The third-order valence-electron chi connectivity index (χ3n) is 3.74. The summed E-state index contributed by atoms with van der Waals surface area (Å²) in [5.74, 6) is 1.45. The molecule has 80 valence electrons. The van der Waals surface area contributed by atoms with Gasteiger partial charge in [-0.2, -0.15) is 0 Å². The lowest BCUT2D eigenvalue weighted by Crippen LogP contribution is -2.38. The molecule has 0 amide bonds. The Morgan fingerprint density at radius 3 is 2.86 bits per heavy atom. The van der Waals surface area contributed by atoms with Crippen LogP contribution in [0.5, 0.6) is 0 Å². The van der Waals surface area contributed by atoms with E-state index in [2.05, 4.69) is 11.9 Å². The van der Waals surface area contributed by atoms with Crippen molar-refractivity contribution < 1.29 is 4.84 Å². The fourth-order valence-electron chi connectivity index (χ4n) is 3.05. The predicted octanol–water partition coefficient (Wildman–Crippen LogP) is 3.19. The largest absolute Gasteiger partial charge is 0.393 e. The molecule has 2 saturated carbocycles. The molecule has 2 nitrogen and oxygen atoms in total. The summed E-state index contributed by atoms with van der Waals surface area (Å²) in [6.45, 7) is 3.41. The number of rotatable bonds is 2. The Morgan fingerprint density at radius 1 is 1.21 bits per heavy atom. The molecule has 0 aliphatic heterocycles. The molecule has 0 saturated heterocycles. The van der Waals surface area contributed by atoms with Crippen molar-refractivity contribution in [2.75, 3.05) is 0 Å². The maximum atomic E-state index is 6.20. The monoisotopic (exact) mass is 215 g/mol. The first kappa shape index (κ1) is 10.3. The smallest absolute Gasteiger partial charge is 0.130 e. The molecule has 0 aromatic rings. The van der Waals surface area contributed by atoms with Crippen LogP contribution in [0.2, 0.25) is 0 Å². The third kappa shape index (κ3) is 2.05. The van der Waals surface area contributed by atoms with Gasteiger partial charge in [0.25, 0.3) is 0 Å². The zero-order chi connectivity index (χ0) is 9.97. The lowest BCUT2D eigenvalue weighted by atomic mass is 9.69. The lowest BCUT2D eigenvalue weighted by Gasteiger charge is -2.41. The Hall–Kier alpha value is -0.240. The average molecular weight is 216 g/mol. The Morgan fingerprint density at radius 2 is 2.07 bits per heavy atom. The number of hydrogen-bond acceptors (Lipinski definition) is 2. The molecule has 14 heavy (non-hydrogen) atoms. The summed E-state index contributed by atoms with van der Waals surface area (Å²) in [7, 11) is 0. The molecule has 2 rings (SSSR count). The van der Waals surface area contributed by atoms with Crippen LogP contribution in [0.25, 0.3) is 0 Å². The van der Waals surface area contributed by atoms with E-state index in [1.807, 2.05) is 0 Å². The highest BCUT2D eigenvalue weighted by atomic mass is 35.5. The second-order valence-electron chi connectivity index (χ2n) is 4.54. The number of halogens is 1. The zero-order valence-electron chi connectivity index (χ0n) is 8.49. The van der Waals surface area contributed by atoms with Crippen molar-refractivity contribution in [1.82, 2.24) is 0 Å². The second kappa shape index (κ2) is 4.52. The first-order valence-electron chi connectivity index (χ1n) is 5.57. The van der Waals surface area contributed by atoms with Gasteiger partial charge in [-0.1, -0.05) is 0 Å². The average Bonchev–Trinajstić information content (AvgIpc) is 2.19. The van der Waals surface area contributed by atoms with Crippen LogP contribution in [0.3, 0.4) is 0 Å². The molecule has 3 heteroatoms. The maximum Gasteiger partial charge on any atom is 0.130 e. The summed E-state index contributed by atoms with van der Waals surface area (Å²) in [6, 6.07) is 0. The molecular weight excluding hydrogens is 198 g/mol. The Bertz CT molecular complexity index is 209. The van der Waals surface area contributed by atoms with Crippen molar-refractivity contribution in [3.63, 3.8) is 0 Å². The normalized spacial score (nSPS) is 42.6. The molecule has 0 radical (unpaired) electrons. The van der Waals surface area contributed by atoms with Gasteiger partial charge in [-0.05, 0) is 44.4 Å². The van der Waals surface area contributed by atoms with E-state index >= 15 is 0 Å². The summed E-state index contributed by atoms with van der Waals surface area (Å²) in [5.41, 5.74) is 0. The van der Waals surface area contributed by atoms with Gasteiger partial charge in [0.1, 0.15) is 6.10 Å². The van der Waals surface area contributed by atoms with Gasteiger partial charge < -0.3 is 4.84 Å². The van der Waals surface area contributed by atoms with Gasteiger partial charge in [-0.15, -0.1) is 16.8 Å². The fraction of sp³-hybridized carbons (Fsp3) is 0.909. The quantitative estimate of drug-likeness (QED) is 0.394. The summed E-state index contributed by atoms with van der Waals surface area (Å²) < 4.78 is 0. The van der Waals surface area contributed by atoms with Crippen LogP contribution in [-0.2, 0) is 4.84 Å². The minimum Gasteiger partial charge on any atom is -0.393 e. The fourth-order valence-corrected chi connectivity index (χ4v) is 3.38. The number of fused-ring (bicyclic) bond motifs is 1. The highest BCUT2D eigenvalue weighted by Gasteiger charge is 2.38. The van der Waals surface area contributed by atoms with E-state index in [0.29, 0.717) is 11.3 Å². The van der Waals surface area contributed by atoms with Crippen LogP contribution >= 0.6 is 11.6 Å². The van der Waals surface area contributed by atoms with Gasteiger partial charge >= 0.3 is 0 Å². The predicted molar refractivity (Wildman–Crippen MR) is 58.7 cm³/mol. The first-order valence-corrected chi connectivity index (χ1v) is 6.01. The topological polar surface area (TPSA) is 21.6 Å². The van der Waals surface area contributed by atoms with E-state index in [1.165, 1.54) is 25.7 Å². The summed E-state index contributed by atoms with van der Waals surface area (Å²) in [6.07, 6.45) is 7.59. The summed E-state index contributed by atoms with van der Waals surface area (Å²) in [5, 5.41) is 3.93. The molecule has 4 unspecified atom stereocenters. The number of oxime groups is 1. The van der Waals surface area contributed by atoms with Crippen LogP contribution in [0, 0.1) is 11.8 Å². The van der Waals surface area contributed by atoms with Crippen molar-refractivity contribution >= 4 is 18.3 Å². The minimum atomic E-state index is 0.285. The van der Waals surface area contributed by atoms with E-state index < -0.39 is 0 Å². The lowest BCUT2D eigenvalue weighted by molar-refractivity contribution is -0.0431. The molecule has 0 spiro atoms. The number of hydrogen-bond donors (Lipinski definition) is 0. The molecule has 0 aromatic heterocycles. The highest BCUT2D eigenvalue weighted by Crippen LogP contribution is 2.43. The summed E-state index contributed by atoms with van der Waals surface area (Å²) >= 11 is 6.20. The first-order chi connectivity index (χ1) is 6.81. The summed E-state index contributed by atoms with van der Waals surface area (Å²) in [4.78, 5) is 5.36. The van der Waals surface area contributed by atoms with E-state index in [0.717, 1.165) is 18.8 Å². The van der Waals surface area contributed by atoms with Crippen molar-refractivity contribution in [3.8, 4) is 0 Å². The van der Waals surface area contributed by atoms with Gasteiger partial charge in [0.15, 0.2) is 0 Å². The van der Waals surface area contributed by atoms with Crippen LogP contribution in [-0.4, -0.2) is 18.2 Å². The van der Waals surface area contributed by atoms with Crippen LogP contribution < -0.4 is 0 Å². The van der Waals surface area contributed by atoms with Gasteiger partial charge in [-0.3, -0.25) is 0 Å². The van der Waals surface area contributed by atoms with Crippen LogP contribution in [0.4, 0.5) is 0 Å². The molecular formula is C11H18ClNO. The Labute approximate surface area is 90.6 Å². The van der Waals surface area contributed by atoms with Gasteiger partial charge in [0, 0.05) is 18.0 Å². The molecule has 0 heterocycles. The molecule has 2 fully saturated rings. The van der Waals surface area contributed by atoms with Crippen LogP contribution in [0.1, 0.15) is 38.5 Å². The molecule has 0 bridgehead atoms. The molecule has 4 atom stereocenters. The SMILES string of the molecule is C=NOC1CCCC2CCC(Cl)CC21. The third-order valence-corrected chi connectivity index (χ3v) is 4.13. The Kier molecular flexibility index (Phi) is 3.32. The van der Waals surface area contributed by atoms with Crippen LogP contribution in [0.15, 0.2) is 5.16 Å². The van der Waals surface area contributed by atoms with E-state index in [9.17, 15) is 0 Å². The Balaban J connectivity index is 2.00. The van der Waals surface area contributed by atoms with Gasteiger partial charge in [-0.25, -0.2) is 0 Å². The molecule has 0 aromatic carbocycles. The maximum absolute atomic E-state index is 6.20. The van der Waals surface area contributed by atoms with Gasteiger partial charge in [0.05, 0.1) is 0 Å². The van der Waals surface area contributed by atoms with Crippen molar-refractivity contribution in [1.29, 1.82) is 0 Å². The van der Waals surface area contributed by atoms with E-state index in [-0.39, 0.29) is 6.10 Å².